The van der Waals surface area contributed by atoms with Crippen molar-refractivity contribution in [3.8, 4) is 0 Å². The first-order chi connectivity index (χ1) is 8.00. The molecule has 90 valence electrons. The van der Waals surface area contributed by atoms with E-state index in [4.69, 9.17) is 27.7 Å². The molecule has 0 spiro atoms. The second kappa shape index (κ2) is 4.50. The predicted molar refractivity (Wildman–Crippen MR) is 63.6 cm³/mol. The van der Waals surface area contributed by atoms with E-state index in [1.165, 1.54) is 10.9 Å². The molecule has 2 aromatic rings. The Labute approximate surface area is 107 Å². The normalized spacial score (nSPS) is 10.8. The Bertz CT molecular complexity index is 599. The van der Waals surface area contributed by atoms with Gasteiger partial charge in [0.1, 0.15) is 10.8 Å². The highest BCUT2D eigenvalue weighted by atomic mass is 35.5. The van der Waals surface area contributed by atoms with Crippen LogP contribution in [0.15, 0.2) is 15.5 Å². The summed E-state index contributed by atoms with van der Waals surface area (Å²) in [5.74, 6) is 0.655. The molecule has 0 aromatic carbocycles. The summed E-state index contributed by atoms with van der Waals surface area (Å²) in [4.78, 5) is 11.8. The highest BCUT2D eigenvalue weighted by Gasteiger charge is 2.13. The van der Waals surface area contributed by atoms with Crippen LogP contribution >= 0.6 is 23.2 Å². The summed E-state index contributed by atoms with van der Waals surface area (Å²) in [5, 5.41) is 7.83. The van der Waals surface area contributed by atoms with Crippen molar-refractivity contribution in [2.45, 2.75) is 20.4 Å². The lowest BCUT2D eigenvalue weighted by Gasteiger charge is -2.04. The lowest BCUT2D eigenvalue weighted by molar-refractivity contribution is 0.391. The molecule has 0 aliphatic heterocycles. The van der Waals surface area contributed by atoms with Gasteiger partial charge in [-0.05, 0) is 13.8 Å². The van der Waals surface area contributed by atoms with E-state index in [2.05, 4.69) is 10.3 Å². The molecule has 0 bridgehead atoms. The molecule has 2 aromatic heterocycles. The van der Waals surface area contributed by atoms with E-state index in [0.717, 1.165) is 11.3 Å². The average molecular weight is 274 g/mol. The minimum absolute atomic E-state index is 0.0339. The fourth-order valence-electron chi connectivity index (χ4n) is 1.43. The van der Waals surface area contributed by atoms with E-state index >= 15 is 0 Å². The fraction of sp³-hybridized carbons (Fsp3) is 0.300. The van der Waals surface area contributed by atoms with E-state index in [-0.39, 0.29) is 16.6 Å². The first kappa shape index (κ1) is 12.1. The molecular weight excluding hydrogens is 265 g/mol. The van der Waals surface area contributed by atoms with E-state index in [1.54, 1.807) is 13.8 Å². The Hall–Kier alpha value is -1.33. The van der Waals surface area contributed by atoms with E-state index < -0.39 is 5.56 Å². The van der Waals surface area contributed by atoms with Gasteiger partial charge in [0.2, 0.25) is 0 Å². The van der Waals surface area contributed by atoms with Crippen LogP contribution in [0.25, 0.3) is 0 Å². The van der Waals surface area contributed by atoms with E-state index in [1.807, 2.05) is 0 Å². The summed E-state index contributed by atoms with van der Waals surface area (Å²) in [6, 6.07) is 0. The molecule has 0 N–H and O–H groups in total. The highest BCUT2D eigenvalue weighted by Crippen LogP contribution is 2.16. The zero-order chi connectivity index (χ0) is 12.6. The number of nitrogens with zero attached hydrogens (tertiary/aromatic N) is 3. The summed E-state index contributed by atoms with van der Waals surface area (Å²) in [7, 11) is 0. The summed E-state index contributed by atoms with van der Waals surface area (Å²) >= 11 is 11.4. The summed E-state index contributed by atoms with van der Waals surface area (Å²) < 4.78 is 6.23. The first-order valence-corrected chi connectivity index (χ1v) is 5.59. The molecule has 2 rings (SSSR count). The van der Waals surface area contributed by atoms with Crippen molar-refractivity contribution in [2.75, 3.05) is 0 Å². The van der Waals surface area contributed by atoms with Crippen molar-refractivity contribution in [2.24, 2.45) is 0 Å². The standard InChI is InChI=1S/C10H9Cl2N3O2/c1-5-7(6(2)17-14-5)4-15-10(16)9(12)8(11)3-13-15/h3H,4H2,1-2H3. The SMILES string of the molecule is Cc1noc(C)c1Cn1ncc(Cl)c(Cl)c1=O. The minimum Gasteiger partial charge on any atom is -0.361 e. The third kappa shape index (κ3) is 2.21. The van der Waals surface area contributed by atoms with Gasteiger partial charge in [-0.3, -0.25) is 4.79 Å². The predicted octanol–water partition coefficient (Wildman–Crippen LogP) is 2.20. The van der Waals surface area contributed by atoms with Gasteiger partial charge in [-0.2, -0.15) is 5.10 Å². The maximum absolute atomic E-state index is 11.8. The van der Waals surface area contributed by atoms with Gasteiger partial charge >= 0.3 is 0 Å². The van der Waals surface area contributed by atoms with Gasteiger partial charge in [0, 0.05) is 5.56 Å². The largest absolute Gasteiger partial charge is 0.361 e. The molecule has 0 aliphatic rings. The molecule has 0 amide bonds. The number of hydrogen-bond donors (Lipinski definition) is 0. The average Bonchev–Trinajstić information content (AvgIpc) is 2.61. The molecular formula is C10H9Cl2N3O2. The maximum atomic E-state index is 11.8. The molecule has 0 unspecified atom stereocenters. The van der Waals surface area contributed by atoms with Gasteiger partial charge < -0.3 is 4.52 Å². The fourth-order valence-corrected chi connectivity index (χ4v) is 1.71. The van der Waals surface area contributed by atoms with Crippen molar-refractivity contribution in [3.05, 3.63) is 43.6 Å². The lowest BCUT2D eigenvalue weighted by atomic mass is 10.2. The molecule has 0 atom stereocenters. The van der Waals surface area contributed by atoms with Crippen LogP contribution in [0.2, 0.25) is 10.0 Å². The molecule has 5 nitrogen and oxygen atoms in total. The van der Waals surface area contributed by atoms with Crippen LogP contribution < -0.4 is 5.56 Å². The Morgan fingerprint density at radius 2 is 2.12 bits per heavy atom. The molecule has 0 fully saturated rings. The Balaban J connectivity index is 2.44. The molecule has 0 saturated heterocycles. The number of rotatable bonds is 2. The molecule has 0 aliphatic carbocycles. The van der Waals surface area contributed by atoms with Gasteiger partial charge in [0.25, 0.3) is 5.56 Å². The first-order valence-electron chi connectivity index (χ1n) is 4.83. The molecule has 7 heteroatoms. The Kier molecular flexibility index (Phi) is 3.22. The van der Waals surface area contributed by atoms with Crippen LogP contribution in [-0.4, -0.2) is 14.9 Å². The number of halogens is 2. The molecule has 17 heavy (non-hydrogen) atoms. The molecule has 2 heterocycles. The summed E-state index contributed by atoms with van der Waals surface area (Å²) in [6.45, 7) is 3.84. The Morgan fingerprint density at radius 3 is 2.71 bits per heavy atom. The monoisotopic (exact) mass is 273 g/mol. The minimum atomic E-state index is -0.431. The van der Waals surface area contributed by atoms with Crippen LogP contribution in [0.1, 0.15) is 17.0 Å². The van der Waals surface area contributed by atoms with E-state index in [9.17, 15) is 4.79 Å². The lowest BCUT2D eigenvalue weighted by Crippen LogP contribution is -2.24. The topological polar surface area (TPSA) is 60.9 Å². The second-order valence-corrected chi connectivity index (χ2v) is 4.36. The van der Waals surface area contributed by atoms with Crippen molar-refractivity contribution in [3.63, 3.8) is 0 Å². The zero-order valence-corrected chi connectivity index (χ0v) is 10.7. The van der Waals surface area contributed by atoms with Crippen molar-refractivity contribution in [1.29, 1.82) is 0 Å². The molecule has 0 saturated carbocycles. The number of aryl methyl sites for hydroxylation is 2. The van der Waals surface area contributed by atoms with Gasteiger partial charge in [0.15, 0.2) is 0 Å². The number of aromatic nitrogens is 3. The van der Waals surface area contributed by atoms with Crippen LogP contribution in [-0.2, 0) is 6.54 Å². The second-order valence-electron chi connectivity index (χ2n) is 3.57. The maximum Gasteiger partial charge on any atom is 0.287 e. The van der Waals surface area contributed by atoms with Gasteiger partial charge in [0.05, 0.1) is 23.5 Å². The highest BCUT2D eigenvalue weighted by molar-refractivity contribution is 6.41. The van der Waals surface area contributed by atoms with Crippen molar-refractivity contribution >= 4 is 23.2 Å². The van der Waals surface area contributed by atoms with Crippen molar-refractivity contribution < 1.29 is 4.52 Å². The summed E-state index contributed by atoms with van der Waals surface area (Å²) in [5.41, 5.74) is 1.11. The third-order valence-electron chi connectivity index (χ3n) is 2.43. The quantitative estimate of drug-likeness (QED) is 0.842. The van der Waals surface area contributed by atoms with Crippen LogP contribution in [0.3, 0.4) is 0 Å². The zero-order valence-electron chi connectivity index (χ0n) is 9.20. The number of hydrogen-bond acceptors (Lipinski definition) is 4. The van der Waals surface area contributed by atoms with Crippen LogP contribution in [0, 0.1) is 13.8 Å². The van der Waals surface area contributed by atoms with Crippen LogP contribution in [0.4, 0.5) is 0 Å². The smallest absolute Gasteiger partial charge is 0.287 e. The van der Waals surface area contributed by atoms with Crippen LogP contribution in [0.5, 0.6) is 0 Å². The Morgan fingerprint density at radius 1 is 1.41 bits per heavy atom. The van der Waals surface area contributed by atoms with Gasteiger partial charge in [-0.1, -0.05) is 28.4 Å². The van der Waals surface area contributed by atoms with Crippen molar-refractivity contribution in [1.82, 2.24) is 14.9 Å². The van der Waals surface area contributed by atoms with Gasteiger partial charge in [-0.15, -0.1) is 0 Å². The summed E-state index contributed by atoms with van der Waals surface area (Å²) in [6.07, 6.45) is 1.34. The van der Waals surface area contributed by atoms with Gasteiger partial charge in [-0.25, -0.2) is 4.68 Å². The third-order valence-corrected chi connectivity index (χ3v) is 3.18. The van der Waals surface area contributed by atoms with E-state index in [0.29, 0.717) is 5.76 Å². The molecule has 0 radical (unpaired) electrons.